The first-order chi connectivity index (χ1) is 37.9. The van der Waals surface area contributed by atoms with E-state index in [0.29, 0.717) is 62.6 Å². The lowest BCUT2D eigenvalue weighted by atomic mass is 9.81. The van der Waals surface area contributed by atoms with Crippen molar-refractivity contribution in [1.29, 1.82) is 0 Å². The Balaban J connectivity index is 0.838. The highest BCUT2D eigenvalue weighted by Crippen LogP contribution is 2.40. The number of nitrogens with one attached hydrogen (secondary N) is 2. The van der Waals surface area contributed by atoms with Crippen molar-refractivity contribution >= 4 is 44.8 Å². The fourth-order valence-electron chi connectivity index (χ4n) is 10.2. The first kappa shape index (κ1) is 55.6. The summed E-state index contributed by atoms with van der Waals surface area (Å²) in [6.45, 7) is 1.88. The predicted molar refractivity (Wildman–Crippen MR) is 269 cm³/mol. The van der Waals surface area contributed by atoms with Gasteiger partial charge in [0.15, 0.2) is 0 Å². The number of hydrogen-bond donors (Lipinski definition) is 4. The van der Waals surface area contributed by atoms with Gasteiger partial charge in [0.2, 0.25) is 0 Å². The third-order valence-electron chi connectivity index (χ3n) is 14.1. The van der Waals surface area contributed by atoms with Crippen molar-refractivity contribution in [2.24, 2.45) is 11.8 Å². The second-order valence-electron chi connectivity index (χ2n) is 19.6. The molecule has 2 aliphatic heterocycles. The van der Waals surface area contributed by atoms with E-state index in [-0.39, 0.29) is 87.2 Å². The first-order valence-electron chi connectivity index (χ1n) is 25.0. The number of benzene rings is 2. The molecule has 10 rings (SSSR count). The minimum absolute atomic E-state index is 0.0869. The molecule has 8 aromatic rings. The molecule has 2 saturated heterocycles. The molecule has 8 heterocycles. The van der Waals surface area contributed by atoms with Crippen molar-refractivity contribution in [2.75, 3.05) is 36.8 Å². The topological polar surface area (TPSA) is 174 Å². The van der Waals surface area contributed by atoms with E-state index in [1.165, 1.54) is 73.1 Å². The van der Waals surface area contributed by atoms with Crippen LogP contribution in [0.25, 0.3) is 44.3 Å². The second kappa shape index (κ2) is 22.1. The predicted octanol–water partition coefficient (Wildman–Crippen LogP) is 11.9. The molecule has 3 atom stereocenters. The van der Waals surface area contributed by atoms with Crippen LogP contribution in [0.4, 0.5) is 75.7 Å². The Bertz CT molecular complexity index is 3500. The van der Waals surface area contributed by atoms with Gasteiger partial charge in [-0.2, -0.15) is 52.7 Å². The van der Waals surface area contributed by atoms with Crippen LogP contribution in [0.15, 0.2) is 110 Å². The number of pyridine rings is 4. The molecule has 6 aromatic heterocycles. The largest absolute Gasteiger partial charge is 0.433 e. The smallest absolute Gasteiger partial charge is 0.390 e. The van der Waals surface area contributed by atoms with Crippen LogP contribution in [0.5, 0.6) is 0 Å². The standard InChI is InChI=1S/C54H46F12N12O2/c55-51(56,57)37-5-1-17-67-45(37)30-7-11-35-39(22-30)73-43(75-49(35)71-33-9-13-41(69-24-33)53(61,62)63)27-77-20-15-29(16-21-77)47(79)48(80)32-4-3-19-78(26-32)28-44-74-40-23-31(46-38(52(58,59)60)6-2-18-68-46)8-12-36(40)50(76-44)72-34-10-14-42(70-25-34)54(64,65)66/h1-2,5-14,17-18,22-25,29,32,47-48,79-80H,3-4,15-16,19-21,26-28H2,(H,71,73,75)(H,72,74,76). The van der Waals surface area contributed by atoms with E-state index in [1.807, 2.05) is 9.80 Å². The molecule has 0 spiro atoms. The number of hydrogen-bond acceptors (Lipinski definition) is 14. The fraction of sp³-hybridized carbons (Fsp3) is 0.333. The minimum Gasteiger partial charge on any atom is -0.390 e. The number of aliphatic hydroxyl groups excluding tert-OH is 2. The first-order valence-corrected chi connectivity index (χ1v) is 25.0. The van der Waals surface area contributed by atoms with Gasteiger partial charge in [0, 0.05) is 46.8 Å². The van der Waals surface area contributed by atoms with E-state index in [1.54, 1.807) is 0 Å². The maximum atomic E-state index is 14.1. The Morgan fingerprint density at radius 3 is 1.40 bits per heavy atom. The number of aromatic nitrogens is 8. The van der Waals surface area contributed by atoms with Crippen LogP contribution in [0.3, 0.4) is 0 Å². The lowest BCUT2D eigenvalue weighted by Gasteiger charge is -2.40. The number of fused-ring (bicyclic) bond motifs is 2. The number of nitrogens with zero attached hydrogens (tertiary/aromatic N) is 10. The summed E-state index contributed by atoms with van der Waals surface area (Å²) >= 11 is 0. The summed E-state index contributed by atoms with van der Waals surface area (Å²) in [4.78, 5) is 37.8. The van der Waals surface area contributed by atoms with Gasteiger partial charge < -0.3 is 20.8 Å². The molecule has 26 heteroatoms. The Morgan fingerprint density at radius 1 is 0.500 bits per heavy atom. The van der Waals surface area contributed by atoms with Crippen LogP contribution in [0.1, 0.15) is 59.8 Å². The Kier molecular flexibility index (Phi) is 15.4. The number of halogens is 12. The van der Waals surface area contributed by atoms with Crippen LogP contribution in [-0.2, 0) is 37.8 Å². The van der Waals surface area contributed by atoms with E-state index in [9.17, 15) is 62.9 Å². The Hall–Kier alpha value is -7.68. The summed E-state index contributed by atoms with van der Waals surface area (Å²) in [6, 6.07) is 16.7. The highest BCUT2D eigenvalue weighted by atomic mass is 19.4. The number of likely N-dealkylation sites (tertiary alicyclic amines) is 2. The summed E-state index contributed by atoms with van der Waals surface area (Å²) in [5.74, 6) is -0.0212. The highest BCUT2D eigenvalue weighted by Gasteiger charge is 2.39. The lowest BCUT2D eigenvalue weighted by molar-refractivity contribution is -0.141. The molecule has 3 unspecified atom stereocenters. The number of anilines is 4. The molecule has 2 fully saturated rings. The van der Waals surface area contributed by atoms with Gasteiger partial charge in [-0.3, -0.25) is 19.8 Å². The van der Waals surface area contributed by atoms with E-state index >= 15 is 0 Å². The van der Waals surface area contributed by atoms with Crippen molar-refractivity contribution in [1.82, 2.24) is 49.7 Å². The van der Waals surface area contributed by atoms with Crippen molar-refractivity contribution in [2.45, 2.75) is 75.7 Å². The molecule has 0 bridgehead atoms. The van der Waals surface area contributed by atoms with Gasteiger partial charge in [0.1, 0.15) is 34.7 Å². The van der Waals surface area contributed by atoms with E-state index < -0.39 is 65.3 Å². The molecule has 4 N–H and O–H groups in total. The number of aliphatic hydroxyl groups is 2. The van der Waals surface area contributed by atoms with Crippen LogP contribution in [0, 0.1) is 11.8 Å². The summed E-state index contributed by atoms with van der Waals surface area (Å²) in [5.41, 5.74) is -3.91. The molecule has 80 heavy (non-hydrogen) atoms. The summed E-state index contributed by atoms with van der Waals surface area (Å²) in [7, 11) is 0. The van der Waals surface area contributed by atoms with Gasteiger partial charge >= 0.3 is 24.7 Å². The van der Waals surface area contributed by atoms with Gasteiger partial charge in [-0.25, -0.2) is 29.9 Å². The Labute approximate surface area is 447 Å². The number of piperidine rings is 2. The van der Waals surface area contributed by atoms with Gasteiger partial charge in [-0.1, -0.05) is 12.1 Å². The Morgan fingerprint density at radius 2 is 0.963 bits per heavy atom. The SMILES string of the molecule is OC(C1CCN(Cc2nc(Nc3ccc(C(F)(F)F)nc3)c3ccc(-c4ncccc4C(F)(F)F)cc3n2)CC1)C(O)C1CCCN(Cc2nc(Nc3ccc(C(F)(F)F)nc3)c3ccc(-c4ncccc4C(F)(F)F)cc3n2)C1. The molecule has 14 nitrogen and oxygen atoms in total. The van der Waals surface area contributed by atoms with E-state index in [2.05, 4.69) is 35.6 Å². The molecule has 0 aliphatic carbocycles. The van der Waals surface area contributed by atoms with Crippen LogP contribution in [-0.4, -0.2) is 98.3 Å². The van der Waals surface area contributed by atoms with E-state index in [4.69, 9.17) is 15.0 Å². The van der Waals surface area contributed by atoms with E-state index in [0.717, 1.165) is 36.7 Å². The molecule has 0 amide bonds. The van der Waals surface area contributed by atoms with Crippen molar-refractivity contribution in [3.63, 3.8) is 0 Å². The number of alkyl halides is 12. The zero-order valence-corrected chi connectivity index (χ0v) is 41.7. The second-order valence-corrected chi connectivity index (χ2v) is 19.6. The molecule has 418 valence electrons. The van der Waals surface area contributed by atoms with Gasteiger partial charge in [0.25, 0.3) is 0 Å². The molecular formula is C54H46F12N12O2. The van der Waals surface area contributed by atoms with Crippen LogP contribution < -0.4 is 10.6 Å². The molecule has 2 aliphatic rings. The van der Waals surface area contributed by atoms with Gasteiger partial charge in [-0.05, 0) is 124 Å². The van der Waals surface area contributed by atoms with Crippen LogP contribution >= 0.6 is 0 Å². The van der Waals surface area contributed by atoms with Crippen LogP contribution in [0.2, 0.25) is 0 Å². The third kappa shape index (κ3) is 12.5. The van der Waals surface area contributed by atoms with Crippen molar-refractivity contribution in [3.8, 4) is 22.5 Å². The zero-order chi connectivity index (χ0) is 56.7. The quantitative estimate of drug-likeness (QED) is 0.0803. The summed E-state index contributed by atoms with van der Waals surface area (Å²) in [5, 5.41) is 30.1. The zero-order valence-electron chi connectivity index (χ0n) is 41.7. The average Bonchev–Trinajstić information content (AvgIpc) is 3.42. The fourth-order valence-corrected chi connectivity index (χ4v) is 10.2. The highest BCUT2D eigenvalue weighted by molar-refractivity contribution is 5.94. The summed E-state index contributed by atoms with van der Waals surface area (Å²) in [6.07, 6.45) is -14.7. The van der Waals surface area contributed by atoms with Gasteiger partial charge in [0.05, 0.1) is 82.6 Å². The average molecular weight is 1120 g/mol. The maximum absolute atomic E-state index is 14.1. The third-order valence-corrected chi connectivity index (χ3v) is 14.1. The maximum Gasteiger partial charge on any atom is 0.433 e. The molecular weight excluding hydrogens is 1080 g/mol. The summed E-state index contributed by atoms with van der Waals surface area (Å²) < 4.78 is 164. The monoisotopic (exact) mass is 1120 g/mol. The minimum atomic E-state index is -4.73. The molecule has 2 aromatic carbocycles. The number of rotatable bonds is 13. The molecule has 0 radical (unpaired) electrons. The van der Waals surface area contributed by atoms with Crippen molar-refractivity contribution in [3.05, 3.63) is 144 Å². The van der Waals surface area contributed by atoms with Gasteiger partial charge in [-0.15, -0.1) is 0 Å². The normalized spacial score (nSPS) is 17.2. The lowest BCUT2D eigenvalue weighted by Crippen LogP contribution is -2.48. The molecule has 0 saturated carbocycles. The van der Waals surface area contributed by atoms with Crippen molar-refractivity contribution < 1.29 is 62.9 Å².